The predicted molar refractivity (Wildman–Crippen MR) is 68.7 cm³/mol. The lowest BCUT2D eigenvalue weighted by Crippen LogP contribution is -2.51. The number of hydrogen-bond acceptors (Lipinski definition) is 3. The minimum absolute atomic E-state index is 0.270. The Morgan fingerprint density at radius 2 is 2.12 bits per heavy atom. The summed E-state index contributed by atoms with van der Waals surface area (Å²) in [7, 11) is 0. The van der Waals surface area contributed by atoms with E-state index < -0.39 is 0 Å². The average molecular weight is 241 g/mol. The van der Waals surface area contributed by atoms with Gasteiger partial charge in [-0.2, -0.15) is 11.8 Å². The lowest BCUT2D eigenvalue weighted by Gasteiger charge is -2.49. The van der Waals surface area contributed by atoms with E-state index in [1.165, 1.54) is 50.0 Å². The Bertz CT molecular complexity index is 248. The molecule has 1 aliphatic carbocycles. The zero-order valence-electron chi connectivity index (χ0n) is 9.99. The second-order valence-electron chi connectivity index (χ2n) is 5.84. The van der Waals surface area contributed by atoms with Crippen LogP contribution < -0.4 is 5.73 Å². The maximum atomic E-state index is 6.48. The summed E-state index contributed by atoms with van der Waals surface area (Å²) in [4.78, 5) is 0. The Morgan fingerprint density at radius 1 is 1.25 bits per heavy atom. The highest BCUT2D eigenvalue weighted by Gasteiger charge is 2.44. The molecule has 0 radical (unpaired) electrons. The third-order valence-corrected chi connectivity index (χ3v) is 6.04. The van der Waals surface area contributed by atoms with E-state index >= 15 is 0 Å². The summed E-state index contributed by atoms with van der Waals surface area (Å²) in [6, 6.07) is 0.441. The molecule has 2 N–H and O–H groups in total. The Morgan fingerprint density at radius 3 is 2.75 bits per heavy atom. The molecular formula is C13H23NOS. The fourth-order valence-electron chi connectivity index (χ4n) is 3.55. The third-order valence-electron chi connectivity index (χ3n) is 4.85. The largest absolute Gasteiger partial charge is 0.375 e. The minimum Gasteiger partial charge on any atom is -0.375 e. The summed E-state index contributed by atoms with van der Waals surface area (Å²) in [6.45, 7) is 0.957. The predicted octanol–water partition coefficient (Wildman–Crippen LogP) is 2.42. The van der Waals surface area contributed by atoms with Crippen molar-refractivity contribution in [3.63, 3.8) is 0 Å². The summed E-state index contributed by atoms with van der Waals surface area (Å²) < 4.78 is 5.98. The topological polar surface area (TPSA) is 35.2 Å². The van der Waals surface area contributed by atoms with E-state index in [1.807, 2.05) is 0 Å². The van der Waals surface area contributed by atoms with Gasteiger partial charge in [-0.25, -0.2) is 0 Å². The van der Waals surface area contributed by atoms with Crippen molar-refractivity contribution in [2.75, 3.05) is 18.1 Å². The van der Waals surface area contributed by atoms with Gasteiger partial charge >= 0.3 is 0 Å². The van der Waals surface area contributed by atoms with Gasteiger partial charge in [0.2, 0.25) is 0 Å². The summed E-state index contributed by atoms with van der Waals surface area (Å²) in [5, 5.41) is 0. The highest BCUT2D eigenvalue weighted by Crippen LogP contribution is 2.46. The molecule has 2 heterocycles. The van der Waals surface area contributed by atoms with Gasteiger partial charge in [-0.3, -0.25) is 0 Å². The van der Waals surface area contributed by atoms with E-state index in [9.17, 15) is 0 Å². The molecule has 92 valence electrons. The maximum Gasteiger partial charge on any atom is 0.0685 e. The zero-order chi connectivity index (χ0) is 11.0. The van der Waals surface area contributed by atoms with Crippen molar-refractivity contribution in [2.45, 2.75) is 50.2 Å². The van der Waals surface area contributed by atoms with Crippen LogP contribution in [0.5, 0.6) is 0 Å². The molecule has 2 aliphatic heterocycles. The summed E-state index contributed by atoms with van der Waals surface area (Å²) in [5.74, 6) is 4.14. The van der Waals surface area contributed by atoms with Crippen LogP contribution in [0.1, 0.15) is 38.5 Å². The molecule has 2 nitrogen and oxygen atoms in total. The van der Waals surface area contributed by atoms with Crippen LogP contribution in [-0.4, -0.2) is 29.8 Å². The molecule has 0 aromatic rings. The highest BCUT2D eigenvalue weighted by atomic mass is 32.2. The normalized spacial score (nSPS) is 39.6. The second kappa shape index (κ2) is 4.51. The first-order chi connectivity index (χ1) is 7.79. The van der Waals surface area contributed by atoms with Crippen molar-refractivity contribution in [3.05, 3.63) is 0 Å². The fraction of sp³-hybridized carbons (Fsp3) is 1.00. The Kier molecular flexibility index (Phi) is 3.20. The van der Waals surface area contributed by atoms with Crippen molar-refractivity contribution in [3.8, 4) is 0 Å². The molecule has 3 rings (SSSR count). The molecule has 1 spiro atoms. The Balaban J connectivity index is 1.60. The zero-order valence-corrected chi connectivity index (χ0v) is 10.8. The van der Waals surface area contributed by atoms with Gasteiger partial charge < -0.3 is 10.5 Å². The average Bonchev–Trinajstić information content (AvgIpc) is 2.79. The second-order valence-corrected chi connectivity index (χ2v) is 6.99. The van der Waals surface area contributed by atoms with E-state index in [4.69, 9.17) is 10.5 Å². The van der Waals surface area contributed by atoms with Gasteiger partial charge in [0.05, 0.1) is 5.60 Å². The lowest BCUT2D eigenvalue weighted by atomic mass is 9.69. The SMILES string of the molecule is NC(C1CCSC1)C1CCOC2(CCC2)C1. The summed E-state index contributed by atoms with van der Waals surface area (Å²) >= 11 is 2.08. The molecule has 1 saturated carbocycles. The van der Waals surface area contributed by atoms with Crippen LogP contribution >= 0.6 is 11.8 Å². The number of hydrogen-bond donors (Lipinski definition) is 1. The van der Waals surface area contributed by atoms with Gasteiger partial charge in [0.1, 0.15) is 0 Å². The van der Waals surface area contributed by atoms with Crippen LogP contribution in [0.2, 0.25) is 0 Å². The van der Waals surface area contributed by atoms with Crippen molar-refractivity contribution in [1.29, 1.82) is 0 Å². The van der Waals surface area contributed by atoms with Crippen molar-refractivity contribution in [2.24, 2.45) is 17.6 Å². The third kappa shape index (κ3) is 2.02. The van der Waals surface area contributed by atoms with Crippen molar-refractivity contribution >= 4 is 11.8 Å². The summed E-state index contributed by atoms with van der Waals surface area (Å²) in [5.41, 5.74) is 6.75. The Hall–Kier alpha value is 0.270. The number of rotatable bonds is 2. The van der Waals surface area contributed by atoms with Crippen molar-refractivity contribution < 1.29 is 4.74 Å². The molecular weight excluding hydrogens is 218 g/mol. The molecule has 16 heavy (non-hydrogen) atoms. The minimum atomic E-state index is 0.270. The van der Waals surface area contributed by atoms with Gasteiger partial charge in [-0.05, 0) is 61.9 Å². The first kappa shape index (κ1) is 11.4. The standard InChI is InChI=1S/C13H23NOS/c14-12(11-3-7-16-9-11)10-2-6-15-13(8-10)4-1-5-13/h10-12H,1-9,14H2. The van der Waals surface area contributed by atoms with E-state index in [2.05, 4.69) is 11.8 Å². The molecule has 0 bridgehead atoms. The summed E-state index contributed by atoms with van der Waals surface area (Å²) in [6.07, 6.45) is 7.72. The van der Waals surface area contributed by atoms with Gasteiger partial charge in [0.25, 0.3) is 0 Å². The van der Waals surface area contributed by atoms with Gasteiger partial charge in [-0.1, -0.05) is 0 Å². The first-order valence-electron chi connectivity index (χ1n) is 6.76. The first-order valence-corrected chi connectivity index (χ1v) is 7.92. The molecule has 3 atom stereocenters. The van der Waals surface area contributed by atoms with E-state index in [0.717, 1.165) is 18.4 Å². The van der Waals surface area contributed by atoms with Crippen LogP contribution in [0.4, 0.5) is 0 Å². The number of nitrogens with two attached hydrogens (primary N) is 1. The van der Waals surface area contributed by atoms with E-state index in [-0.39, 0.29) is 5.60 Å². The van der Waals surface area contributed by atoms with Crippen LogP contribution in [0.15, 0.2) is 0 Å². The van der Waals surface area contributed by atoms with Gasteiger partial charge in [0.15, 0.2) is 0 Å². The van der Waals surface area contributed by atoms with Crippen LogP contribution in [0.3, 0.4) is 0 Å². The smallest absolute Gasteiger partial charge is 0.0685 e. The molecule has 3 unspecified atom stereocenters. The van der Waals surface area contributed by atoms with Crippen LogP contribution in [-0.2, 0) is 4.74 Å². The monoisotopic (exact) mass is 241 g/mol. The van der Waals surface area contributed by atoms with Crippen LogP contribution in [0, 0.1) is 11.8 Å². The van der Waals surface area contributed by atoms with E-state index in [0.29, 0.717) is 6.04 Å². The fourth-order valence-corrected chi connectivity index (χ4v) is 4.88. The maximum absolute atomic E-state index is 6.48. The number of thioether (sulfide) groups is 1. The molecule has 3 heteroatoms. The van der Waals surface area contributed by atoms with Crippen LogP contribution in [0.25, 0.3) is 0 Å². The molecule has 0 aromatic heterocycles. The highest BCUT2D eigenvalue weighted by molar-refractivity contribution is 7.99. The quantitative estimate of drug-likeness (QED) is 0.806. The molecule has 2 saturated heterocycles. The molecule has 3 fully saturated rings. The number of ether oxygens (including phenoxy) is 1. The molecule has 0 amide bonds. The molecule has 0 aromatic carbocycles. The molecule has 3 aliphatic rings. The van der Waals surface area contributed by atoms with Crippen molar-refractivity contribution in [1.82, 2.24) is 0 Å². The van der Waals surface area contributed by atoms with E-state index in [1.54, 1.807) is 0 Å². The van der Waals surface area contributed by atoms with Gasteiger partial charge in [-0.15, -0.1) is 0 Å². The van der Waals surface area contributed by atoms with Gasteiger partial charge in [0, 0.05) is 12.6 Å². The lowest BCUT2D eigenvalue weighted by molar-refractivity contribution is -0.147. The Labute approximate surface area is 103 Å².